The number of carbonyl (C=O) groups is 2. The lowest BCUT2D eigenvalue weighted by Crippen LogP contribution is -2.32. The molecule has 2 aliphatic rings. The number of hydrogen-bond acceptors (Lipinski definition) is 6. The molecule has 2 aromatic carbocycles. The minimum Gasteiger partial charge on any atom is -0.497 e. The molecular weight excluding hydrogens is 422 g/mol. The molecule has 32 heavy (non-hydrogen) atoms. The second kappa shape index (κ2) is 8.51. The Hall–Kier alpha value is -3.58. The van der Waals surface area contributed by atoms with Gasteiger partial charge in [-0.25, -0.2) is 4.90 Å². The van der Waals surface area contributed by atoms with Crippen LogP contribution in [0.15, 0.2) is 71.7 Å². The fraction of sp³-hybridized carbons (Fsp3) is 0.200. The lowest BCUT2D eigenvalue weighted by Gasteiger charge is -2.18. The molecule has 6 nitrogen and oxygen atoms in total. The first kappa shape index (κ1) is 20.3. The zero-order valence-corrected chi connectivity index (χ0v) is 18.5. The van der Waals surface area contributed by atoms with E-state index in [1.54, 1.807) is 31.4 Å². The molecule has 0 spiro atoms. The molecule has 0 atom stereocenters. The summed E-state index contributed by atoms with van der Waals surface area (Å²) in [6.45, 7) is 2.15. The molecule has 2 aliphatic heterocycles. The van der Waals surface area contributed by atoms with Crippen LogP contribution < -0.4 is 19.9 Å². The van der Waals surface area contributed by atoms with Crippen LogP contribution in [0.1, 0.15) is 17.7 Å². The number of hydrogen-bond donors (Lipinski definition) is 1. The lowest BCUT2D eigenvalue weighted by atomic mass is 10.1. The first-order chi connectivity index (χ1) is 15.7. The van der Waals surface area contributed by atoms with Crippen molar-refractivity contribution in [3.8, 4) is 5.75 Å². The summed E-state index contributed by atoms with van der Waals surface area (Å²) >= 11 is 1.44. The topological polar surface area (TPSA) is 61.9 Å². The van der Waals surface area contributed by atoms with Crippen LogP contribution in [0.3, 0.4) is 0 Å². The van der Waals surface area contributed by atoms with Crippen LogP contribution >= 0.6 is 11.3 Å². The summed E-state index contributed by atoms with van der Waals surface area (Å²) in [5.74, 6) is -0.0401. The van der Waals surface area contributed by atoms with Gasteiger partial charge in [-0.05, 0) is 72.8 Å². The van der Waals surface area contributed by atoms with Crippen molar-refractivity contribution in [1.82, 2.24) is 0 Å². The van der Waals surface area contributed by atoms with Gasteiger partial charge in [0.2, 0.25) is 0 Å². The Labute approximate surface area is 190 Å². The van der Waals surface area contributed by atoms with Crippen molar-refractivity contribution in [3.63, 3.8) is 0 Å². The van der Waals surface area contributed by atoms with Gasteiger partial charge >= 0.3 is 0 Å². The average molecular weight is 446 g/mol. The standard InChI is InChI=1S/C25H23N3O3S/c1-31-20-12-10-19(11-13-20)28-24(29)22(21-5-4-16-32-21)23(25(28)30)26-17-6-8-18(9-7-17)27-14-2-3-15-27/h4-13,16,26H,2-3,14-15H2,1H3. The van der Waals surface area contributed by atoms with Crippen molar-refractivity contribution in [1.29, 1.82) is 0 Å². The van der Waals surface area contributed by atoms with Crippen molar-refractivity contribution in [2.24, 2.45) is 0 Å². The monoisotopic (exact) mass is 445 g/mol. The Morgan fingerprint density at radius 1 is 0.875 bits per heavy atom. The minimum absolute atomic E-state index is 0.294. The number of ether oxygens (including phenoxy) is 1. The molecule has 1 aromatic heterocycles. The van der Waals surface area contributed by atoms with E-state index in [-0.39, 0.29) is 11.8 Å². The number of nitrogens with one attached hydrogen (secondary N) is 1. The number of imide groups is 1. The van der Waals surface area contributed by atoms with E-state index in [0.717, 1.165) is 23.7 Å². The highest BCUT2D eigenvalue weighted by molar-refractivity contribution is 7.11. The number of amides is 2. The van der Waals surface area contributed by atoms with Gasteiger partial charge in [0.1, 0.15) is 11.4 Å². The summed E-state index contributed by atoms with van der Waals surface area (Å²) in [6, 6.07) is 18.7. The van der Waals surface area contributed by atoms with Gasteiger partial charge in [-0.15, -0.1) is 11.3 Å². The molecule has 7 heteroatoms. The molecule has 0 unspecified atom stereocenters. The Morgan fingerprint density at radius 3 is 2.19 bits per heavy atom. The fourth-order valence-corrected chi connectivity index (χ4v) is 4.90. The number of benzene rings is 2. The van der Waals surface area contributed by atoms with Gasteiger partial charge in [0.25, 0.3) is 11.8 Å². The predicted molar refractivity (Wildman–Crippen MR) is 128 cm³/mol. The highest BCUT2D eigenvalue weighted by atomic mass is 32.1. The van der Waals surface area contributed by atoms with Crippen LogP contribution in [0, 0.1) is 0 Å². The van der Waals surface area contributed by atoms with Crippen molar-refractivity contribution < 1.29 is 14.3 Å². The summed E-state index contributed by atoms with van der Waals surface area (Å²) in [5, 5.41) is 5.13. The van der Waals surface area contributed by atoms with Crippen LogP contribution in [0.25, 0.3) is 5.57 Å². The molecule has 0 bridgehead atoms. The SMILES string of the molecule is COc1ccc(N2C(=O)C(Nc3ccc(N4CCCC4)cc3)=C(c3cccs3)C2=O)cc1. The van der Waals surface area contributed by atoms with Crippen LogP contribution in [-0.4, -0.2) is 32.0 Å². The van der Waals surface area contributed by atoms with Crippen molar-refractivity contribution in [3.05, 3.63) is 76.6 Å². The van der Waals surface area contributed by atoms with Crippen LogP contribution in [0.2, 0.25) is 0 Å². The second-order valence-corrected chi connectivity index (χ2v) is 8.68. The van der Waals surface area contributed by atoms with E-state index < -0.39 is 0 Å². The highest BCUT2D eigenvalue weighted by Crippen LogP contribution is 2.36. The molecule has 1 fully saturated rings. The Balaban J connectivity index is 1.47. The maximum absolute atomic E-state index is 13.4. The molecule has 3 aromatic rings. The molecular formula is C25H23N3O3S. The van der Waals surface area contributed by atoms with E-state index >= 15 is 0 Å². The minimum atomic E-state index is -0.368. The lowest BCUT2D eigenvalue weighted by molar-refractivity contribution is -0.120. The average Bonchev–Trinajstić information content (AvgIpc) is 3.58. The number of carbonyl (C=O) groups excluding carboxylic acids is 2. The molecule has 2 amide bonds. The molecule has 162 valence electrons. The quantitative estimate of drug-likeness (QED) is 0.555. The molecule has 1 N–H and O–H groups in total. The maximum atomic E-state index is 13.4. The smallest absolute Gasteiger partial charge is 0.282 e. The van der Waals surface area contributed by atoms with E-state index in [1.165, 1.54) is 34.8 Å². The number of nitrogens with zero attached hydrogens (tertiary/aromatic N) is 2. The molecule has 0 saturated carbocycles. The van der Waals surface area contributed by atoms with E-state index in [4.69, 9.17) is 4.74 Å². The first-order valence-corrected chi connectivity index (χ1v) is 11.5. The van der Waals surface area contributed by atoms with Gasteiger partial charge in [0.15, 0.2) is 0 Å². The van der Waals surface area contributed by atoms with Crippen molar-refractivity contribution in [2.45, 2.75) is 12.8 Å². The van der Waals surface area contributed by atoms with E-state index in [0.29, 0.717) is 22.7 Å². The molecule has 5 rings (SSSR count). The third kappa shape index (κ3) is 3.65. The van der Waals surface area contributed by atoms with E-state index in [9.17, 15) is 9.59 Å². The van der Waals surface area contributed by atoms with Gasteiger partial charge in [-0.2, -0.15) is 0 Å². The third-order valence-electron chi connectivity index (χ3n) is 5.79. The molecule has 1 saturated heterocycles. The second-order valence-electron chi connectivity index (χ2n) is 7.74. The highest BCUT2D eigenvalue weighted by Gasteiger charge is 2.40. The molecule has 0 radical (unpaired) electrons. The fourth-order valence-electron chi connectivity index (χ4n) is 4.14. The van der Waals surface area contributed by atoms with Gasteiger partial charge in [-0.3, -0.25) is 9.59 Å². The van der Waals surface area contributed by atoms with Gasteiger partial charge in [0, 0.05) is 29.3 Å². The Kier molecular flexibility index (Phi) is 5.41. The van der Waals surface area contributed by atoms with Crippen LogP contribution in [0.5, 0.6) is 5.75 Å². The predicted octanol–water partition coefficient (Wildman–Crippen LogP) is 4.75. The van der Waals surface area contributed by atoms with E-state index in [2.05, 4.69) is 22.3 Å². The van der Waals surface area contributed by atoms with Gasteiger partial charge in [0.05, 0.1) is 18.4 Å². The van der Waals surface area contributed by atoms with Crippen molar-refractivity contribution in [2.75, 3.05) is 35.3 Å². The summed E-state index contributed by atoms with van der Waals surface area (Å²) < 4.78 is 5.20. The van der Waals surface area contributed by atoms with E-state index in [1.807, 2.05) is 29.6 Å². The third-order valence-corrected chi connectivity index (χ3v) is 6.68. The summed E-state index contributed by atoms with van der Waals surface area (Å²) in [6.07, 6.45) is 2.43. The zero-order chi connectivity index (χ0) is 22.1. The van der Waals surface area contributed by atoms with Crippen LogP contribution in [0.4, 0.5) is 17.1 Å². The number of anilines is 3. The molecule has 0 aliphatic carbocycles. The summed E-state index contributed by atoms with van der Waals surface area (Å²) in [5.41, 5.74) is 3.14. The Morgan fingerprint density at radius 2 is 1.56 bits per heavy atom. The van der Waals surface area contributed by atoms with Crippen LogP contribution in [-0.2, 0) is 9.59 Å². The zero-order valence-electron chi connectivity index (χ0n) is 17.7. The largest absolute Gasteiger partial charge is 0.497 e. The summed E-state index contributed by atoms with van der Waals surface area (Å²) in [7, 11) is 1.58. The van der Waals surface area contributed by atoms with Crippen molar-refractivity contribution >= 4 is 45.8 Å². The molecule has 3 heterocycles. The number of thiophene rings is 1. The maximum Gasteiger partial charge on any atom is 0.282 e. The number of rotatable bonds is 6. The first-order valence-electron chi connectivity index (χ1n) is 10.6. The Bertz CT molecular complexity index is 1160. The number of methoxy groups -OCH3 is 1. The van der Waals surface area contributed by atoms with Gasteiger partial charge < -0.3 is 15.0 Å². The van der Waals surface area contributed by atoms with Gasteiger partial charge in [-0.1, -0.05) is 6.07 Å². The summed E-state index contributed by atoms with van der Waals surface area (Å²) in [4.78, 5) is 31.1. The normalized spacial score (nSPS) is 16.3.